The Morgan fingerprint density at radius 2 is 1.69 bits per heavy atom. The second-order valence-electron chi connectivity index (χ2n) is 4.24. The summed E-state index contributed by atoms with van der Waals surface area (Å²) in [6.07, 6.45) is 6.56. The number of hydrogen-bond donors (Lipinski definition) is 0. The normalized spacial score (nSPS) is 16.8. The molecular weight excluding hydrogens is 208 g/mol. The van der Waals surface area contributed by atoms with Crippen LogP contribution in [0.1, 0.15) is 45.4 Å². The van der Waals surface area contributed by atoms with Crippen LogP contribution in [0.25, 0.3) is 0 Å². The molecule has 0 aromatic heterocycles. The summed E-state index contributed by atoms with van der Waals surface area (Å²) in [5, 5.41) is 0. The molecule has 1 fully saturated rings. The van der Waals surface area contributed by atoms with Crippen LogP contribution in [0.15, 0.2) is 0 Å². The molecule has 0 atom stereocenters. The first kappa shape index (κ1) is 13.0. The highest BCUT2D eigenvalue weighted by Crippen LogP contribution is 2.23. The predicted molar refractivity (Wildman–Crippen MR) is 58.8 cm³/mol. The highest BCUT2D eigenvalue weighted by atomic mass is 16.6. The molecule has 1 saturated carbocycles. The summed E-state index contributed by atoms with van der Waals surface area (Å²) in [4.78, 5) is 22.3. The molecule has 0 heterocycles. The standard InChI is InChI=1S/C12H20O4/c1-2-8-15-11(13)12(14)16-9-10-6-4-3-5-7-10/h10H,2-9H2,1H3. The van der Waals surface area contributed by atoms with Gasteiger partial charge in [-0.25, -0.2) is 9.59 Å². The highest BCUT2D eigenvalue weighted by molar-refractivity contribution is 6.29. The quantitative estimate of drug-likeness (QED) is 0.546. The summed E-state index contributed by atoms with van der Waals surface area (Å²) in [5.74, 6) is -1.28. The molecule has 92 valence electrons. The third kappa shape index (κ3) is 4.64. The zero-order valence-electron chi connectivity index (χ0n) is 9.87. The van der Waals surface area contributed by atoms with E-state index in [9.17, 15) is 9.59 Å². The summed E-state index contributed by atoms with van der Waals surface area (Å²) >= 11 is 0. The molecule has 0 bridgehead atoms. The summed E-state index contributed by atoms with van der Waals surface area (Å²) in [7, 11) is 0. The third-order valence-corrected chi connectivity index (χ3v) is 2.78. The Morgan fingerprint density at radius 1 is 1.06 bits per heavy atom. The van der Waals surface area contributed by atoms with Crippen molar-refractivity contribution < 1.29 is 19.1 Å². The van der Waals surface area contributed by atoms with Gasteiger partial charge in [0.05, 0.1) is 13.2 Å². The Bertz CT molecular complexity index is 231. The van der Waals surface area contributed by atoms with Crippen molar-refractivity contribution in [3.05, 3.63) is 0 Å². The fourth-order valence-corrected chi connectivity index (χ4v) is 1.86. The first-order valence-electron chi connectivity index (χ1n) is 6.08. The summed E-state index contributed by atoms with van der Waals surface area (Å²) in [6, 6.07) is 0. The van der Waals surface area contributed by atoms with Crippen LogP contribution in [0, 0.1) is 5.92 Å². The van der Waals surface area contributed by atoms with E-state index in [0.29, 0.717) is 18.9 Å². The van der Waals surface area contributed by atoms with E-state index in [2.05, 4.69) is 4.74 Å². The Kier molecular flexibility index (Phi) is 5.90. The Labute approximate surface area is 96.3 Å². The van der Waals surface area contributed by atoms with Crippen molar-refractivity contribution in [1.29, 1.82) is 0 Å². The lowest BCUT2D eigenvalue weighted by atomic mass is 9.90. The lowest BCUT2D eigenvalue weighted by Crippen LogP contribution is -2.24. The van der Waals surface area contributed by atoms with Crippen LogP contribution in [-0.2, 0) is 19.1 Å². The Hall–Kier alpha value is -1.06. The van der Waals surface area contributed by atoms with Crippen LogP contribution < -0.4 is 0 Å². The maximum Gasteiger partial charge on any atom is 0.417 e. The lowest BCUT2D eigenvalue weighted by Gasteiger charge is -2.20. The number of carbonyl (C=O) groups excluding carboxylic acids is 2. The van der Waals surface area contributed by atoms with E-state index < -0.39 is 11.9 Å². The number of ether oxygens (including phenoxy) is 2. The van der Waals surface area contributed by atoms with Gasteiger partial charge in [0, 0.05) is 0 Å². The second kappa shape index (κ2) is 7.25. The number of esters is 2. The molecule has 1 rings (SSSR count). The van der Waals surface area contributed by atoms with E-state index in [4.69, 9.17) is 4.74 Å². The van der Waals surface area contributed by atoms with Gasteiger partial charge in [-0.3, -0.25) is 0 Å². The molecule has 16 heavy (non-hydrogen) atoms. The Balaban J connectivity index is 2.15. The minimum Gasteiger partial charge on any atom is -0.457 e. The van der Waals surface area contributed by atoms with Gasteiger partial charge in [0.25, 0.3) is 0 Å². The van der Waals surface area contributed by atoms with Gasteiger partial charge < -0.3 is 9.47 Å². The number of hydrogen-bond acceptors (Lipinski definition) is 4. The summed E-state index contributed by atoms with van der Waals surface area (Å²) in [6.45, 7) is 2.51. The molecule has 4 nitrogen and oxygen atoms in total. The van der Waals surface area contributed by atoms with Crippen molar-refractivity contribution >= 4 is 11.9 Å². The van der Waals surface area contributed by atoms with Crippen molar-refractivity contribution in [3.8, 4) is 0 Å². The smallest absolute Gasteiger partial charge is 0.417 e. The minimum absolute atomic E-state index is 0.275. The maximum absolute atomic E-state index is 11.2. The molecule has 0 aliphatic heterocycles. The van der Waals surface area contributed by atoms with Gasteiger partial charge in [0.1, 0.15) is 0 Å². The minimum atomic E-state index is -0.863. The van der Waals surface area contributed by atoms with Gasteiger partial charge in [-0.15, -0.1) is 0 Å². The van der Waals surface area contributed by atoms with E-state index in [1.54, 1.807) is 0 Å². The molecule has 0 spiro atoms. The fraction of sp³-hybridized carbons (Fsp3) is 0.833. The predicted octanol–water partition coefficient (Wildman–Crippen LogP) is 2.06. The van der Waals surface area contributed by atoms with Crippen molar-refractivity contribution in [1.82, 2.24) is 0 Å². The van der Waals surface area contributed by atoms with Gasteiger partial charge in [-0.1, -0.05) is 26.2 Å². The van der Waals surface area contributed by atoms with Gasteiger partial charge in [0.15, 0.2) is 0 Å². The largest absolute Gasteiger partial charge is 0.457 e. The molecule has 0 N–H and O–H groups in total. The van der Waals surface area contributed by atoms with E-state index in [1.807, 2.05) is 6.92 Å². The van der Waals surface area contributed by atoms with Crippen LogP contribution in [0.2, 0.25) is 0 Å². The molecule has 4 heteroatoms. The van der Waals surface area contributed by atoms with Crippen molar-refractivity contribution in [2.75, 3.05) is 13.2 Å². The van der Waals surface area contributed by atoms with E-state index >= 15 is 0 Å². The van der Waals surface area contributed by atoms with Crippen LogP contribution >= 0.6 is 0 Å². The first-order chi connectivity index (χ1) is 7.74. The molecular formula is C12H20O4. The maximum atomic E-state index is 11.2. The fourth-order valence-electron chi connectivity index (χ4n) is 1.86. The zero-order chi connectivity index (χ0) is 11.8. The SMILES string of the molecule is CCCOC(=O)C(=O)OCC1CCCCC1. The monoisotopic (exact) mass is 228 g/mol. The van der Waals surface area contributed by atoms with E-state index in [-0.39, 0.29) is 6.61 Å². The molecule has 0 radical (unpaired) electrons. The molecule has 0 amide bonds. The highest BCUT2D eigenvalue weighted by Gasteiger charge is 2.20. The molecule has 0 unspecified atom stereocenters. The van der Waals surface area contributed by atoms with Crippen molar-refractivity contribution in [3.63, 3.8) is 0 Å². The summed E-state index contributed by atoms with van der Waals surface area (Å²) < 4.78 is 9.61. The topological polar surface area (TPSA) is 52.6 Å². The first-order valence-corrected chi connectivity index (χ1v) is 6.08. The molecule has 0 aromatic carbocycles. The van der Waals surface area contributed by atoms with Gasteiger partial charge in [0.2, 0.25) is 0 Å². The molecule has 0 saturated heterocycles. The zero-order valence-corrected chi connectivity index (χ0v) is 9.87. The van der Waals surface area contributed by atoms with Crippen molar-refractivity contribution in [2.45, 2.75) is 45.4 Å². The average molecular weight is 228 g/mol. The lowest BCUT2D eigenvalue weighted by molar-refractivity contribution is -0.168. The van der Waals surface area contributed by atoms with E-state index in [1.165, 1.54) is 19.3 Å². The summed E-state index contributed by atoms with van der Waals surface area (Å²) in [5.41, 5.74) is 0. The number of carbonyl (C=O) groups is 2. The van der Waals surface area contributed by atoms with Crippen molar-refractivity contribution in [2.24, 2.45) is 5.92 Å². The van der Waals surface area contributed by atoms with Crippen LogP contribution in [-0.4, -0.2) is 25.2 Å². The van der Waals surface area contributed by atoms with Crippen LogP contribution in [0.5, 0.6) is 0 Å². The van der Waals surface area contributed by atoms with Gasteiger partial charge in [-0.05, 0) is 25.2 Å². The second-order valence-corrected chi connectivity index (χ2v) is 4.24. The molecule has 0 aromatic rings. The molecule has 1 aliphatic carbocycles. The van der Waals surface area contributed by atoms with Gasteiger partial charge >= 0.3 is 11.9 Å². The van der Waals surface area contributed by atoms with Crippen LogP contribution in [0.4, 0.5) is 0 Å². The van der Waals surface area contributed by atoms with E-state index in [0.717, 1.165) is 12.8 Å². The third-order valence-electron chi connectivity index (χ3n) is 2.78. The number of rotatable bonds is 4. The van der Waals surface area contributed by atoms with Crippen LogP contribution in [0.3, 0.4) is 0 Å². The van der Waals surface area contributed by atoms with Gasteiger partial charge in [-0.2, -0.15) is 0 Å². The Morgan fingerprint density at radius 3 is 2.31 bits per heavy atom. The molecule has 1 aliphatic rings. The average Bonchev–Trinajstić information content (AvgIpc) is 2.34.